The molecule has 2 aliphatic carbocycles. The molecule has 0 radical (unpaired) electrons. The minimum Gasteiger partial charge on any atom is -0.468 e. The molecule has 1 N–H and O–H groups in total. The number of ether oxygens (including phenoxy) is 4. The number of carbonyl (C=O) groups is 5. The summed E-state index contributed by atoms with van der Waals surface area (Å²) in [5, 5.41) is 2.68. The Kier molecular flexibility index (Phi) is 8.49. The van der Waals surface area contributed by atoms with Crippen molar-refractivity contribution in [3.05, 3.63) is 23.8 Å². The van der Waals surface area contributed by atoms with Crippen LogP contribution in [0.15, 0.2) is 23.8 Å². The number of amides is 1. The van der Waals surface area contributed by atoms with Gasteiger partial charge in [0.05, 0.1) is 18.1 Å². The largest absolute Gasteiger partial charge is 0.468 e. The van der Waals surface area contributed by atoms with Crippen LogP contribution in [0, 0.1) is 22.7 Å². The quantitative estimate of drug-likeness (QED) is 0.233. The van der Waals surface area contributed by atoms with Crippen molar-refractivity contribution in [2.45, 2.75) is 72.0 Å². The van der Waals surface area contributed by atoms with Gasteiger partial charge in [-0.2, -0.15) is 0 Å². The first kappa shape index (κ1) is 28.4. The molecule has 0 aromatic heterocycles. The number of carbonyl (C=O) groups excluding carboxylic acids is 5. The van der Waals surface area contributed by atoms with E-state index in [0.29, 0.717) is 37.7 Å². The molecule has 10 nitrogen and oxygen atoms in total. The number of esters is 4. The maximum atomic E-state index is 13.6. The lowest BCUT2D eigenvalue weighted by atomic mass is 9.45. The molecule has 1 saturated heterocycles. The highest BCUT2D eigenvalue weighted by Gasteiger charge is 2.62. The van der Waals surface area contributed by atoms with Crippen LogP contribution in [0.4, 0.5) is 0 Å². The maximum absolute atomic E-state index is 13.6. The van der Waals surface area contributed by atoms with Gasteiger partial charge in [-0.3, -0.25) is 19.2 Å². The SMILES string of the molecule is C=C1CC[C@H]2[C@@](C)(CC[C@@H](OC(C)=O)[C@@]2(C)C(=O)NCC(=O)OC)[C@@H]1C/C=C1/C(=O)OC[C@H]1OC(C)=O. The molecule has 0 aromatic rings. The zero-order valence-electron chi connectivity index (χ0n) is 22.2. The summed E-state index contributed by atoms with van der Waals surface area (Å²) in [6, 6.07) is 0. The molecular formula is C27H37NO9. The van der Waals surface area contributed by atoms with Gasteiger partial charge in [-0.15, -0.1) is 0 Å². The van der Waals surface area contributed by atoms with E-state index in [1.807, 2.05) is 0 Å². The summed E-state index contributed by atoms with van der Waals surface area (Å²) < 4.78 is 20.7. The summed E-state index contributed by atoms with van der Waals surface area (Å²) in [5.74, 6) is -2.73. The van der Waals surface area contributed by atoms with E-state index in [4.69, 9.17) is 14.2 Å². The predicted octanol–water partition coefficient (Wildman–Crippen LogP) is 2.40. The average molecular weight is 520 g/mol. The van der Waals surface area contributed by atoms with Gasteiger partial charge in [0.1, 0.15) is 19.3 Å². The van der Waals surface area contributed by atoms with Crippen molar-refractivity contribution in [1.29, 1.82) is 0 Å². The number of nitrogens with one attached hydrogen (secondary N) is 1. The molecule has 1 amide bonds. The summed E-state index contributed by atoms with van der Waals surface area (Å²) in [6.45, 7) is 10.5. The highest BCUT2D eigenvalue weighted by atomic mass is 16.6. The third-order valence-corrected chi connectivity index (χ3v) is 8.43. The zero-order chi connectivity index (χ0) is 27.5. The van der Waals surface area contributed by atoms with Crippen LogP contribution in [-0.2, 0) is 42.9 Å². The van der Waals surface area contributed by atoms with Gasteiger partial charge in [0.15, 0.2) is 6.10 Å². The maximum Gasteiger partial charge on any atom is 0.337 e. The standard InChI is InChI=1S/C27H37NO9/c1-15-7-10-21-26(4,19(15)9-8-18-20(36-16(2)29)14-35-24(18)32)12-11-22(37-17(3)30)27(21,5)25(33)28-13-23(31)34-6/h8,19-22H,1,7,9-14H2,2-6H3,(H,28,33)/b18-8+/t19-,20-,21+,22-,26+,27+/m1/s1. The van der Waals surface area contributed by atoms with Crippen LogP contribution >= 0.6 is 0 Å². The van der Waals surface area contributed by atoms with Crippen LogP contribution in [0.25, 0.3) is 0 Å². The zero-order valence-corrected chi connectivity index (χ0v) is 22.2. The number of rotatable bonds is 7. The molecule has 204 valence electrons. The fourth-order valence-corrected chi connectivity index (χ4v) is 6.59. The lowest BCUT2D eigenvalue weighted by molar-refractivity contribution is -0.184. The van der Waals surface area contributed by atoms with Crippen molar-refractivity contribution in [1.82, 2.24) is 5.32 Å². The van der Waals surface area contributed by atoms with Crippen LogP contribution in [-0.4, -0.2) is 62.3 Å². The minimum atomic E-state index is -1.11. The van der Waals surface area contributed by atoms with E-state index in [9.17, 15) is 24.0 Å². The Hall–Kier alpha value is -3.17. The molecule has 0 aromatic carbocycles. The minimum absolute atomic E-state index is 0.0156. The second kappa shape index (κ2) is 11.1. The molecule has 1 aliphatic heterocycles. The van der Waals surface area contributed by atoms with Crippen molar-refractivity contribution >= 4 is 29.8 Å². The highest BCUT2D eigenvalue weighted by molar-refractivity contribution is 5.92. The number of fused-ring (bicyclic) bond motifs is 1. The van der Waals surface area contributed by atoms with Gasteiger partial charge in [-0.05, 0) is 56.3 Å². The van der Waals surface area contributed by atoms with Crippen molar-refractivity contribution in [3.8, 4) is 0 Å². The highest BCUT2D eigenvalue weighted by Crippen LogP contribution is 2.62. The Morgan fingerprint density at radius 2 is 1.81 bits per heavy atom. The molecule has 3 rings (SSSR count). The van der Waals surface area contributed by atoms with E-state index in [1.165, 1.54) is 21.0 Å². The van der Waals surface area contributed by atoms with Gasteiger partial charge in [0.2, 0.25) is 5.91 Å². The van der Waals surface area contributed by atoms with Crippen LogP contribution in [0.1, 0.15) is 59.8 Å². The van der Waals surface area contributed by atoms with E-state index >= 15 is 0 Å². The topological polar surface area (TPSA) is 134 Å². The van der Waals surface area contributed by atoms with Crippen molar-refractivity contribution in [2.24, 2.45) is 22.7 Å². The van der Waals surface area contributed by atoms with Gasteiger partial charge in [0.25, 0.3) is 0 Å². The van der Waals surface area contributed by atoms with E-state index < -0.39 is 46.9 Å². The molecule has 6 atom stereocenters. The number of hydrogen-bond acceptors (Lipinski definition) is 9. The number of cyclic esters (lactones) is 1. The van der Waals surface area contributed by atoms with Gasteiger partial charge in [-0.1, -0.05) is 25.2 Å². The van der Waals surface area contributed by atoms with Gasteiger partial charge in [0, 0.05) is 13.8 Å². The Morgan fingerprint density at radius 1 is 1.14 bits per heavy atom. The van der Waals surface area contributed by atoms with Gasteiger partial charge < -0.3 is 24.3 Å². The smallest absolute Gasteiger partial charge is 0.337 e. The van der Waals surface area contributed by atoms with Gasteiger partial charge >= 0.3 is 23.9 Å². The first-order valence-electron chi connectivity index (χ1n) is 12.6. The predicted molar refractivity (Wildman–Crippen MR) is 131 cm³/mol. The molecular weight excluding hydrogens is 482 g/mol. The molecule has 0 bridgehead atoms. The molecule has 0 unspecified atom stereocenters. The molecule has 1 heterocycles. The molecule has 3 aliphatic rings. The normalized spacial score (nSPS) is 34.2. The lowest BCUT2D eigenvalue weighted by Crippen LogP contribution is -2.62. The summed E-state index contributed by atoms with van der Waals surface area (Å²) in [5.41, 5.74) is -0.208. The Bertz CT molecular complexity index is 1020. The molecule has 10 heteroatoms. The van der Waals surface area contributed by atoms with E-state index in [2.05, 4.69) is 23.6 Å². The molecule has 37 heavy (non-hydrogen) atoms. The first-order valence-corrected chi connectivity index (χ1v) is 12.6. The van der Waals surface area contributed by atoms with E-state index in [1.54, 1.807) is 13.0 Å². The number of allylic oxidation sites excluding steroid dienone is 2. The van der Waals surface area contributed by atoms with Crippen LogP contribution in [0.3, 0.4) is 0 Å². The van der Waals surface area contributed by atoms with Crippen molar-refractivity contribution in [2.75, 3.05) is 20.3 Å². The van der Waals surface area contributed by atoms with Crippen LogP contribution < -0.4 is 5.32 Å². The number of hydrogen-bond donors (Lipinski definition) is 1. The second-order valence-corrected chi connectivity index (χ2v) is 10.6. The van der Waals surface area contributed by atoms with Crippen LogP contribution in [0.5, 0.6) is 0 Å². The summed E-state index contributed by atoms with van der Waals surface area (Å²) in [6.07, 6.45) is 3.22. The average Bonchev–Trinajstić information content (AvgIpc) is 3.16. The lowest BCUT2D eigenvalue weighted by Gasteiger charge is -2.59. The molecule has 0 spiro atoms. The van der Waals surface area contributed by atoms with Crippen LogP contribution in [0.2, 0.25) is 0 Å². The Labute approximate surface area is 217 Å². The monoisotopic (exact) mass is 519 g/mol. The summed E-state index contributed by atoms with van der Waals surface area (Å²) in [7, 11) is 1.24. The van der Waals surface area contributed by atoms with Crippen molar-refractivity contribution < 1.29 is 42.9 Å². The van der Waals surface area contributed by atoms with Crippen molar-refractivity contribution in [3.63, 3.8) is 0 Å². The summed E-state index contributed by atoms with van der Waals surface area (Å²) in [4.78, 5) is 61.1. The Balaban J connectivity index is 1.94. The number of methoxy groups -OCH3 is 1. The fraction of sp³-hybridized carbons (Fsp3) is 0.667. The molecule has 3 fully saturated rings. The third kappa shape index (κ3) is 5.57. The molecule has 2 saturated carbocycles. The van der Waals surface area contributed by atoms with E-state index in [-0.39, 0.29) is 30.9 Å². The fourth-order valence-electron chi connectivity index (χ4n) is 6.59. The van der Waals surface area contributed by atoms with Gasteiger partial charge in [-0.25, -0.2) is 4.79 Å². The first-order chi connectivity index (χ1) is 17.3. The van der Waals surface area contributed by atoms with E-state index in [0.717, 1.165) is 5.57 Å². The third-order valence-electron chi connectivity index (χ3n) is 8.43. The second-order valence-electron chi connectivity index (χ2n) is 10.6. The summed E-state index contributed by atoms with van der Waals surface area (Å²) >= 11 is 0. The Morgan fingerprint density at radius 3 is 2.43 bits per heavy atom.